The van der Waals surface area contributed by atoms with Crippen LogP contribution in [0.4, 0.5) is 13.2 Å². The van der Waals surface area contributed by atoms with Crippen LogP contribution >= 0.6 is 0 Å². The Bertz CT molecular complexity index is 392. The number of aryl methyl sites for hydroxylation is 1. The normalized spacial score (nSPS) is 24.4. The summed E-state index contributed by atoms with van der Waals surface area (Å²) in [5.74, 6) is -1.11. The van der Waals surface area contributed by atoms with Crippen molar-refractivity contribution in [3.63, 3.8) is 0 Å². The van der Waals surface area contributed by atoms with Crippen LogP contribution in [0.1, 0.15) is 36.9 Å². The van der Waals surface area contributed by atoms with Crippen LogP contribution in [0.3, 0.4) is 0 Å². The molecule has 0 amide bonds. The second-order valence-corrected chi connectivity index (χ2v) is 5.28. The maximum Gasteiger partial charge on any atom is 0.391 e. The maximum absolute atomic E-state index is 12.5. The molecule has 0 aromatic carbocycles. The molecule has 5 heteroatoms. The molecule has 19 heavy (non-hydrogen) atoms. The molecule has 106 valence electrons. The van der Waals surface area contributed by atoms with Crippen LogP contribution in [0.15, 0.2) is 18.3 Å². The number of pyridine rings is 1. The molecule has 1 N–H and O–H groups in total. The molecule has 1 fully saturated rings. The Morgan fingerprint density at radius 3 is 2.42 bits per heavy atom. The molecule has 0 unspecified atom stereocenters. The van der Waals surface area contributed by atoms with Gasteiger partial charge in [0, 0.05) is 24.5 Å². The van der Waals surface area contributed by atoms with Crippen LogP contribution in [-0.2, 0) is 6.54 Å². The van der Waals surface area contributed by atoms with Gasteiger partial charge in [0.1, 0.15) is 0 Å². The highest BCUT2D eigenvalue weighted by atomic mass is 19.4. The molecule has 0 atom stereocenters. The minimum absolute atomic E-state index is 0.194. The molecule has 1 aliphatic rings. The molecule has 1 saturated carbocycles. The molecule has 2 nitrogen and oxygen atoms in total. The van der Waals surface area contributed by atoms with E-state index in [0.717, 1.165) is 11.3 Å². The fraction of sp³-hybridized carbons (Fsp3) is 0.643. The smallest absolute Gasteiger partial charge is 0.310 e. The summed E-state index contributed by atoms with van der Waals surface area (Å²) in [4.78, 5) is 4.20. The number of nitrogens with one attached hydrogen (secondary N) is 1. The molecule has 0 aliphatic heterocycles. The van der Waals surface area contributed by atoms with E-state index in [2.05, 4.69) is 10.3 Å². The Balaban J connectivity index is 1.75. The Kier molecular flexibility index (Phi) is 4.45. The Hall–Kier alpha value is -1.10. The third-order valence-corrected chi connectivity index (χ3v) is 3.76. The van der Waals surface area contributed by atoms with Gasteiger partial charge in [0.05, 0.1) is 5.92 Å². The van der Waals surface area contributed by atoms with Crippen LogP contribution in [0.5, 0.6) is 0 Å². The lowest BCUT2D eigenvalue weighted by molar-refractivity contribution is -0.182. The second kappa shape index (κ2) is 5.90. The van der Waals surface area contributed by atoms with Gasteiger partial charge in [-0.15, -0.1) is 0 Å². The van der Waals surface area contributed by atoms with Crippen LogP contribution in [0.2, 0.25) is 0 Å². The highest BCUT2D eigenvalue weighted by Crippen LogP contribution is 2.37. The number of rotatable bonds is 3. The van der Waals surface area contributed by atoms with E-state index in [-0.39, 0.29) is 18.9 Å². The number of nitrogens with zero attached hydrogens (tertiary/aromatic N) is 1. The molecular formula is C14H19F3N2. The lowest BCUT2D eigenvalue weighted by Crippen LogP contribution is -2.36. The first kappa shape index (κ1) is 14.3. The molecular weight excluding hydrogens is 253 g/mol. The third kappa shape index (κ3) is 4.20. The lowest BCUT2D eigenvalue weighted by atomic mass is 9.85. The van der Waals surface area contributed by atoms with Gasteiger partial charge in [-0.25, -0.2) is 0 Å². The molecule has 0 saturated heterocycles. The van der Waals surface area contributed by atoms with Gasteiger partial charge >= 0.3 is 6.18 Å². The van der Waals surface area contributed by atoms with Crippen molar-refractivity contribution < 1.29 is 13.2 Å². The number of halogens is 3. The van der Waals surface area contributed by atoms with Crippen molar-refractivity contribution in [2.24, 2.45) is 5.92 Å². The fourth-order valence-electron chi connectivity index (χ4n) is 2.49. The highest BCUT2D eigenvalue weighted by Gasteiger charge is 2.41. The summed E-state index contributed by atoms with van der Waals surface area (Å²) >= 11 is 0. The van der Waals surface area contributed by atoms with E-state index >= 15 is 0 Å². The van der Waals surface area contributed by atoms with Crippen LogP contribution in [0, 0.1) is 12.8 Å². The first-order valence-electron chi connectivity index (χ1n) is 6.67. The first-order chi connectivity index (χ1) is 8.95. The Morgan fingerprint density at radius 1 is 1.21 bits per heavy atom. The third-order valence-electron chi connectivity index (χ3n) is 3.76. The molecule has 0 spiro atoms. The van der Waals surface area contributed by atoms with E-state index < -0.39 is 12.1 Å². The number of aromatic nitrogens is 1. The van der Waals surface area contributed by atoms with Crippen molar-refractivity contribution in [2.45, 2.75) is 51.4 Å². The summed E-state index contributed by atoms with van der Waals surface area (Å²) in [5.41, 5.74) is 2.04. The number of hydrogen-bond acceptors (Lipinski definition) is 2. The molecule has 1 aliphatic carbocycles. The summed E-state index contributed by atoms with van der Waals surface area (Å²) in [5, 5.41) is 3.32. The Morgan fingerprint density at radius 2 is 1.89 bits per heavy atom. The summed E-state index contributed by atoms with van der Waals surface area (Å²) in [6.07, 6.45) is -0.525. The van der Waals surface area contributed by atoms with Gasteiger partial charge in [0.15, 0.2) is 0 Å². The topological polar surface area (TPSA) is 24.9 Å². The van der Waals surface area contributed by atoms with Crippen molar-refractivity contribution in [1.82, 2.24) is 10.3 Å². The van der Waals surface area contributed by atoms with Crippen molar-refractivity contribution in [2.75, 3.05) is 0 Å². The summed E-state index contributed by atoms with van der Waals surface area (Å²) < 4.78 is 37.6. The van der Waals surface area contributed by atoms with Gasteiger partial charge < -0.3 is 5.32 Å². The van der Waals surface area contributed by atoms with Crippen LogP contribution in [-0.4, -0.2) is 17.2 Å². The fourth-order valence-corrected chi connectivity index (χ4v) is 2.49. The molecule has 2 rings (SSSR count). The van der Waals surface area contributed by atoms with Crippen molar-refractivity contribution in [3.8, 4) is 0 Å². The van der Waals surface area contributed by atoms with Crippen LogP contribution in [0.25, 0.3) is 0 Å². The second-order valence-electron chi connectivity index (χ2n) is 5.28. The van der Waals surface area contributed by atoms with E-state index in [1.54, 1.807) is 0 Å². The average molecular weight is 272 g/mol. The van der Waals surface area contributed by atoms with Crippen LogP contribution < -0.4 is 5.32 Å². The average Bonchev–Trinajstić information content (AvgIpc) is 2.37. The van der Waals surface area contributed by atoms with Gasteiger partial charge in [-0.2, -0.15) is 13.2 Å². The van der Waals surface area contributed by atoms with E-state index in [9.17, 15) is 13.2 Å². The standard InChI is InChI=1S/C14H19F3N2/c1-10-2-3-11(8-18-10)9-19-13-6-4-12(5-7-13)14(15,16)17/h2-3,8,12-13,19H,4-7,9H2,1H3. The predicted molar refractivity (Wildman–Crippen MR) is 67.6 cm³/mol. The Labute approximate surface area is 111 Å². The molecule has 0 radical (unpaired) electrons. The summed E-state index contributed by atoms with van der Waals surface area (Å²) in [7, 11) is 0. The predicted octanol–water partition coefficient (Wildman–Crippen LogP) is 3.60. The monoisotopic (exact) mass is 272 g/mol. The number of alkyl halides is 3. The first-order valence-corrected chi connectivity index (χ1v) is 6.67. The van der Waals surface area contributed by atoms with Gasteiger partial charge in [-0.3, -0.25) is 4.98 Å². The van der Waals surface area contributed by atoms with Crippen molar-refractivity contribution >= 4 is 0 Å². The molecule has 1 aromatic heterocycles. The summed E-state index contributed by atoms with van der Waals surface area (Å²) in [6, 6.07) is 4.13. The zero-order valence-electron chi connectivity index (χ0n) is 11.0. The van der Waals surface area contributed by atoms with Gasteiger partial charge in [0.2, 0.25) is 0 Å². The largest absolute Gasteiger partial charge is 0.391 e. The minimum atomic E-state index is -4.02. The van der Waals surface area contributed by atoms with E-state index in [4.69, 9.17) is 0 Å². The zero-order chi connectivity index (χ0) is 13.9. The molecule has 0 bridgehead atoms. The SMILES string of the molecule is Cc1ccc(CNC2CCC(C(F)(F)F)CC2)cn1. The summed E-state index contributed by atoms with van der Waals surface area (Å²) in [6.45, 7) is 2.60. The maximum atomic E-state index is 12.5. The molecule has 1 aromatic rings. The van der Waals surface area contributed by atoms with Gasteiger partial charge in [-0.05, 0) is 44.2 Å². The van der Waals surface area contributed by atoms with Crippen molar-refractivity contribution in [1.29, 1.82) is 0 Å². The van der Waals surface area contributed by atoms with E-state index in [1.165, 1.54) is 0 Å². The zero-order valence-corrected chi connectivity index (χ0v) is 11.0. The lowest BCUT2D eigenvalue weighted by Gasteiger charge is -2.30. The quantitative estimate of drug-likeness (QED) is 0.909. The van der Waals surface area contributed by atoms with E-state index in [0.29, 0.717) is 19.4 Å². The van der Waals surface area contributed by atoms with E-state index in [1.807, 2.05) is 25.3 Å². The van der Waals surface area contributed by atoms with Gasteiger partial charge in [0.25, 0.3) is 0 Å². The van der Waals surface area contributed by atoms with Crippen molar-refractivity contribution in [3.05, 3.63) is 29.6 Å². The number of hydrogen-bond donors (Lipinski definition) is 1. The molecule has 1 heterocycles. The highest BCUT2D eigenvalue weighted by molar-refractivity contribution is 5.12. The minimum Gasteiger partial charge on any atom is -0.310 e. The van der Waals surface area contributed by atoms with Gasteiger partial charge in [-0.1, -0.05) is 6.07 Å².